The van der Waals surface area contributed by atoms with Gasteiger partial charge in [0.1, 0.15) is 0 Å². The van der Waals surface area contributed by atoms with E-state index in [9.17, 15) is 4.79 Å². The van der Waals surface area contributed by atoms with Gasteiger partial charge in [-0.05, 0) is 48.9 Å². The average molecular weight is 345 g/mol. The minimum absolute atomic E-state index is 0.0642. The van der Waals surface area contributed by atoms with Crippen LogP contribution in [0.1, 0.15) is 18.1 Å². The Morgan fingerprint density at radius 2 is 1.83 bits per heavy atom. The predicted octanol–water partition coefficient (Wildman–Crippen LogP) is 4.35. The Balaban J connectivity index is 1.95. The standard InChI is InChI=1S/C18H17ClN2OS/c1-13(23-17-9-7-16(19)8-10-17)18(22)21(2)12-15-5-3-14(11-20)4-6-15/h3-10,13H,12H2,1-2H3. The molecule has 118 valence electrons. The highest BCUT2D eigenvalue weighted by atomic mass is 35.5. The fourth-order valence-corrected chi connectivity index (χ4v) is 3.22. The highest BCUT2D eigenvalue weighted by molar-refractivity contribution is 8.00. The first-order chi connectivity index (χ1) is 11.0. The van der Waals surface area contributed by atoms with Crippen molar-refractivity contribution in [3.8, 4) is 6.07 Å². The number of benzene rings is 2. The number of hydrogen-bond acceptors (Lipinski definition) is 3. The van der Waals surface area contributed by atoms with Gasteiger partial charge in [-0.3, -0.25) is 4.79 Å². The van der Waals surface area contributed by atoms with Crippen LogP contribution < -0.4 is 0 Å². The Labute approximate surface area is 145 Å². The van der Waals surface area contributed by atoms with Crippen LogP contribution in [0.3, 0.4) is 0 Å². The van der Waals surface area contributed by atoms with E-state index in [0.29, 0.717) is 17.1 Å². The number of carbonyl (C=O) groups excluding carboxylic acids is 1. The van der Waals surface area contributed by atoms with Crippen LogP contribution in [0.15, 0.2) is 53.4 Å². The van der Waals surface area contributed by atoms with Crippen LogP contribution in [0.25, 0.3) is 0 Å². The lowest BCUT2D eigenvalue weighted by atomic mass is 10.1. The molecule has 0 heterocycles. The Kier molecular flexibility index (Phi) is 6.09. The highest BCUT2D eigenvalue weighted by Gasteiger charge is 2.18. The molecule has 0 aromatic heterocycles. The molecule has 1 atom stereocenters. The Bertz CT molecular complexity index is 707. The maximum atomic E-state index is 12.5. The first kappa shape index (κ1) is 17.4. The molecular formula is C18H17ClN2OS. The Morgan fingerprint density at radius 3 is 2.39 bits per heavy atom. The summed E-state index contributed by atoms with van der Waals surface area (Å²) in [7, 11) is 1.79. The van der Waals surface area contributed by atoms with Crippen molar-refractivity contribution >= 4 is 29.3 Å². The van der Waals surface area contributed by atoms with E-state index in [1.807, 2.05) is 43.3 Å². The van der Waals surface area contributed by atoms with Crippen molar-refractivity contribution in [2.45, 2.75) is 23.6 Å². The van der Waals surface area contributed by atoms with Crippen LogP contribution in [0.5, 0.6) is 0 Å². The number of rotatable bonds is 5. The maximum absolute atomic E-state index is 12.5. The van der Waals surface area contributed by atoms with E-state index in [1.165, 1.54) is 11.8 Å². The molecule has 23 heavy (non-hydrogen) atoms. The number of thioether (sulfide) groups is 1. The van der Waals surface area contributed by atoms with Crippen LogP contribution in [0.4, 0.5) is 0 Å². The molecule has 0 saturated carbocycles. The first-order valence-corrected chi connectivity index (χ1v) is 8.41. The van der Waals surface area contributed by atoms with E-state index in [-0.39, 0.29) is 11.2 Å². The monoisotopic (exact) mass is 344 g/mol. The second kappa shape index (κ2) is 8.05. The molecule has 0 aliphatic heterocycles. The molecule has 0 spiro atoms. The van der Waals surface area contributed by atoms with Crippen molar-refractivity contribution in [1.29, 1.82) is 5.26 Å². The molecule has 5 heteroatoms. The third-order valence-electron chi connectivity index (χ3n) is 3.35. The molecule has 1 unspecified atom stereocenters. The number of nitrogens with zero attached hydrogens (tertiary/aromatic N) is 2. The lowest BCUT2D eigenvalue weighted by Crippen LogP contribution is -2.32. The number of halogens is 1. The fourth-order valence-electron chi connectivity index (χ4n) is 2.11. The van der Waals surface area contributed by atoms with Crippen LogP contribution >= 0.6 is 23.4 Å². The van der Waals surface area contributed by atoms with E-state index < -0.39 is 0 Å². The smallest absolute Gasteiger partial charge is 0.235 e. The van der Waals surface area contributed by atoms with Crippen molar-refractivity contribution < 1.29 is 4.79 Å². The molecular weight excluding hydrogens is 328 g/mol. The van der Waals surface area contributed by atoms with Crippen LogP contribution in [0, 0.1) is 11.3 Å². The summed E-state index contributed by atoms with van der Waals surface area (Å²) in [5.41, 5.74) is 1.62. The van der Waals surface area contributed by atoms with E-state index >= 15 is 0 Å². The van der Waals surface area contributed by atoms with Gasteiger partial charge in [0.05, 0.1) is 16.9 Å². The Hall–Kier alpha value is -1.96. The summed E-state index contributed by atoms with van der Waals surface area (Å²) in [6.07, 6.45) is 0. The van der Waals surface area contributed by atoms with Gasteiger partial charge in [0.15, 0.2) is 0 Å². The minimum Gasteiger partial charge on any atom is -0.340 e. The average Bonchev–Trinajstić information content (AvgIpc) is 2.56. The van der Waals surface area contributed by atoms with E-state index in [2.05, 4.69) is 6.07 Å². The molecule has 0 aliphatic rings. The molecule has 2 aromatic rings. The molecule has 0 aliphatic carbocycles. The summed E-state index contributed by atoms with van der Waals surface area (Å²) in [6, 6.07) is 16.8. The third-order valence-corrected chi connectivity index (χ3v) is 4.70. The van der Waals surface area contributed by atoms with Crippen molar-refractivity contribution in [2.24, 2.45) is 0 Å². The summed E-state index contributed by atoms with van der Waals surface area (Å²) >= 11 is 7.38. The summed E-state index contributed by atoms with van der Waals surface area (Å²) in [5, 5.41) is 9.31. The summed E-state index contributed by atoms with van der Waals surface area (Å²) < 4.78 is 0. The molecule has 0 saturated heterocycles. The lowest BCUT2D eigenvalue weighted by molar-refractivity contribution is -0.129. The number of hydrogen-bond donors (Lipinski definition) is 0. The largest absolute Gasteiger partial charge is 0.340 e. The Morgan fingerprint density at radius 1 is 1.22 bits per heavy atom. The normalized spacial score (nSPS) is 11.6. The van der Waals surface area contributed by atoms with Gasteiger partial charge in [-0.25, -0.2) is 0 Å². The fraction of sp³-hybridized carbons (Fsp3) is 0.222. The topological polar surface area (TPSA) is 44.1 Å². The zero-order valence-corrected chi connectivity index (χ0v) is 14.6. The SMILES string of the molecule is CC(Sc1ccc(Cl)cc1)C(=O)N(C)Cc1ccc(C#N)cc1. The van der Waals surface area contributed by atoms with Crippen LogP contribution in [0.2, 0.25) is 5.02 Å². The van der Waals surface area contributed by atoms with Gasteiger partial charge in [-0.1, -0.05) is 23.7 Å². The van der Waals surface area contributed by atoms with Gasteiger partial charge >= 0.3 is 0 Å². The summed E-state index contributed by atoms with van der Waals surface area (Å²) in [4.78, 5) is 15.2. The van der Waals surface area contributed by atoms with Gasteiger partial charge < -0.3 is 4.90 Å². The molecule has 0 N–H and O–H groups in total. The lowest BCUT2D eigenvalue weighted by Gasteiger charge is -2.21. The van der Waals surface area contributed by atoms with Gasteiger partial charge in [0.2, 0.25) is 5.91 Å². The zero-order valence-electron chi connectivity index (χ0n) is 13.0. The predicted molar refractivity (Wildman–Crippen MR) is 94.4 cm³/mol. The first-order valence-electron chi connectivity index (χ1n) is 7.16. The molecule has 0 fully saturated rings. The van der Waals surface area contributed by atoms with Crippen molar-refractivity contribution in [3.63, 3.8) is 0 Å². The maximum Gasteiger partial charge on any atom is 0.235 e. The number of amides is 1. The van der Waals surface area contributed by atoms with Gasteiger partial charge in [0.25, 0.3) is 0 Å². The van der Waals surface area contributed by atoms with E-state index in [4.69, 9.17) is 16.9 Å². The number of carbonyl (C=O) groups is 1. The zero-order chi connectivity index (χ0) is 16.8. The molecule has 2 aromatic carbocycles. The van der Waals surface area contributed by atoms with Crippen molar-refractivity contribution in [1.82, 2.24) is 4.90 Å². The second-order valence-electron chi connectivity index (χ2n) is 5.22. The minimum atomic E-state index is -0.181. The molecule has 0 bridgehead atoms. The third kappa shape index (κ3) is 5.02. The highest BCUT2D eigenvalue weighted by Crippen LogP contribution is 2.26. The van der Waals surface area contributed by atoms with Crippen molar-refractivity contribution in [2.75, 3.05) is 7.05 Å². The summed E-state index contributed by atoms with van der Waals surface area (Å²) in [5.74, 6) is 0.0642. The molecule has 2 rings (SSSR count). The van der Waals surface area contributed by atoms with Crippen LogP contribution in [-0.2, 0) is 11.3 Å². The number of nitriles is 1. The van der Waals surface area contributed by atoms with E-state index in [0.717, 1.165) is 10.5 Å². The molecule has 0 radical (unpaired) electrons. The van der Waals surface area contributed by atoms with Gasteiger partial charge in [-0.15, -0.1) is 11.8 Å². The quantitative estimate of drug-likeness (QED) is 0.757. The molecule has 1 amide bonds. The molecule has 3 nitrogen and oxygen atoms in total. The van der Waals surface area contributed by atoms with E-state index in [1.54, 1.807) is 24.1 Å². The van der Waals surface area contributed by atoms with Gasteiger partial charge in [-0.2, -0.15) is 5.26 Å². The van der Waals surface area contributed by atoms with Gasteiger partial charge in [0, 0.05) is 23.5 Å². The van der Waals surface area contributed by atoms with Crippen LogP contribution in [-0.4, -0.2) is 23.1 Å². The van der Waals surface area contributed by atoms with Crippen molar-refractivity contribution in [3.05, 3.63) is 64.7 Å². The summed E-state index contributed by atoms with van der Waals surface area (Å²) in [6.45, 7) is 2.42. The second-order valence-corrected chi connectivity index (χ2v) is 7.07.